The van der Waals surface area contributed by atoms with Gasteiger partial charge in [0.1, 0.15) is 0 Å². The van der Waals surface area contributed by atoms with Crippen LogP contribution in [0.15, 0.2) is 24.3 Å². The fraction of sp³-hybridized carbons (Fsp3) is 0.462. The van der Waals surface area contributed by atoms with Crippen LogP contribution in [-0.2, 0) is 6.18 Å². The van der Waals surface area contributed by atoms with E-state index in [1.807, 2.05) is 24.1 Å². The van der Waals surface area contributed by atoms with Gasteiger partial charge in [0.05, 0.1) is 11.6 Å². The Labute approximate surface area is 115 Å². The van der Waals surface area contributed by atoms with Crippen LogP contribution in [0, 0.1) is 0 Å². The average Bonchev–Trinajstić information content (AvgIpc) is 2.67. The van der Waals surface area contributed by atoms with Crippen LogP contribution < -0.4 is 5.32 Å². The summed E-state index contributed by atoms with van der Waals surface area (Å²) in [5.74, 6) is -0.482. The van der Waals surface area contributed by atoms with E-state index >= 15 is 0 Å². The van der Waals surface area contributed by atoms with E-state index in [1.165, 1.54) is 12.1 Å². The number of halogens is 3. The maximum Gasteiger partial charge on any atom is 0.416 e. The van der Waals surface area contributed by atoms with Crippen molar-refractivity contribution in [3.63, 3.8) is 0 Å². The summed E-state index contributed by atoms with van der Waals surface area (Å²) in [5.41, 5.74) is -0.789. The van der Waals surface area contributed by atoms with E-state index in [4.69, 9.17) is 0 Å². The van der Waals surface area contributed by atoms with Gasteiger partial charge in [-0.1, -0.05) is 6.07 Å². The van der Waals surface area contributed by atoms with E-state index in [2.05, 4.69) is 5.32 Å². The van der Waals surface area contributed by atoms with Crippen molar-refractivity contribution in [2.75, 3.05) is 27.2 Å². The highest BCUT2D eigenvalue weighted by atomic mass is 19.4. The van der Waals surface area contributed by atoms with Gasteiger partial charge in [0.25, 0.3) is 5.91 Å². The standard InChI is InChI=1S/C13H16F3N3O/c1-18-7-11(8-19(18)2)17-12(20)9-4-3-5-10(6-9)13(14,15)16/h3-6,11H,7-8H2,1-2H3,(H,17,20). The molecule has 1 N–H and O–H groups in total. The van der Waals surface area contributed by atoms with Crippen LogP contribution in [0.2, 0.25) is 0 Å². The minimum Gasteiger partial charge on any atom is -0.347 e. The number of nitrogens with zero attached hydrogens (tertiary/aromatic N) is 2. The quantitative estimate of drug-likeness (QED) is 0.897. The van der Waals surface area contributed by atoms with Gasteiger partial charge in [-0.2, -0.15) is 13.2 Å². The minimum atomic E-state index is -4.44. The molecule has 4 nitrogen and oxygen atoms in total. The highest BCUT2D eigenvalue weighted by Crippen LogP contribution is 2.29. The predicted molar refractivity (Wildman–Crippen MR) is 68.0 cm³/mol. The Morgan fingerprint density at radius 3 is 2.40 bits per heavy atom. The van der Waals surface area contributed by atoms with Gasteiger partial charge in [-0.3, -0.25) is 4.79 Å². The molecule has 1 aromatic carbocycles. The van der Waals surface area contributed by atoms with Crippen molar-refractivity contribution in [1.29, 1.82) is 0 Å². The predicted octanol–water partition coefficient (Wildman–Crippen LogP) is 1.60. The Balaban J connectivity index is 2.07. The Bertz CT molecular complexity index is 494. The third-order valence-electron chi connectivity index (χ3n) is 3.34. The van der Waals surface area contributed by atoms with Crippen molar-refractivity contribution in [2.24, 2.45) is 0 Å². The summed E-state index contributed by atoms with van der Waals surface area (Å²) < 4.78 is 37.8. The van der Waals surface area contributed by atoms with E-state index < -0.39 is 17.6 Å². The first kappa shape index (κ1) is 14.8. The molecule has 2 rings (SSSR count). The zero-order valence-electron chi connectivity index (χ0n) is 11.2. The monoisotopic (exact) mass is 287 g/mol. The molecule has 0 spiro atoms. The molecule has 0 aliphatic carbocycles. The summed E-state index contributed by atoms with van der Waals surface area (Å²) in [7, 11) is 3.77. The third-order valence-corrected chi connectivity index (χ3v) is 3.34. The zero-order chi connectivity index (χ0) is 14.9. The van der Waals surface area contributed by atoms with Crippen molar-refractivity contribution in [3.8, 4) is 0 Å². The zero-order valence-corrected chi connectivity index (χ0v) is 11.2. The molecule has 0 radical (unpaired) electrons. The summed E-state index contributed by atoms with van der Waals surface area (Å²) in [6.45, 7) is 1.28. The van der Waals surface area contributed by atoms with Gasteiger partial charge in [-0.15, -0.1) is 0 Å². The SMILES string of the molecule is CN1CC(NC(=O)c2cccc(C(F)(F)F)c2)CN1C. The lowest BCUT2D eigenvalue weighted by atomic mass is 10.1. The second kappa shape index (κ2) is 5.41. The lowest BCUT2D eigenvalue weighted by molar-refractivity contribution is -0.137. The molecule has 1 amide bonds. The van der Waals surface area contributed by atoms with Gasteiger partial charge in [-0.05, 0) is 18.2 Å². The molecule has 0 unspecified atom stereocenters. The largest absolute Gasteiger partial charge is 0.416 e. The Kier molecular flexibility index (Phi) is 4.01. The highest BCUT2D eigenvalue weighted by molar-refractivity contribution is 5.94. The van der Waals surface area contributed by atoms with Crippen LogP contribution in [0.1, 0.15) is 15.9 Å². The summed E-state index contributed by atoms with van der Waals surface area (Å²) in [4.78, 5) is 12.0. The van der Waals surface area contributed by atoms with E-state index in [0.29, 0.717) is 13.1 Å². The molecule has 0 saturated carbocycles. The lowest BCUT2D eigenvalue weighted by Gasteiger charge is -2.16. The van der Waals surface area contributed by atoms with Crippen molar-refractivity contribution in [3.05, 3.63) is 35.4 Å². The second-order valence-corrected chi connectivity index (χ2v) is 4.93. The second-order valence-electron chi connectivity index (χ2n) is 4.93. The van der Waals surface area contributed by atoms with Crippen molar-refractivity contribution in [2.45, 2.75) is 12.2 Å². The normalized spacial score (nSPS) is 18.4. The van der Waals surface area contributed by atoms with Crippen LogP contribution in [0.3, 0.4) is 0 Å². The molecule has 1 heterocycles. The smallest absolute Gasteiger partial charge is 0.347 e. The third kappa shape index (κ3) is 3.29. The molecule has 0 aromatic heterocycles. The number of hydrazine groups is 1. The fourth-order valence-electron chi connectivity index (χ4n) is 2.17. The molecule has 0 atom stereocenters. The molecule has 1 fully saturated rings. The average molecular weight is 287 g/mol. The van der Waals surface area contributed by atoms with Crippen molar-refractivity contribution in [1.82, 2.24) is 15.3 Å². The molecular weight excluding hydrogens is 271 g/mol. The number of hydrogen-bond acceptors (Lipinski definition) is 3. The number of likely N-dealkylation sites (N-methyl/N-ethyl adjacent to an activating group) is 2. The number of benzene rings is 1. The summed E-state index contributed by atoms with van der Waals surface area (Å²) in [6.07, 6.45) is -4.44. The fourth-order valence-corrected chi connectivity index (χ4v) is 2.17. The highest BCUT2D eigenvalue weighted by Gasteiger charge is 2.31. The van der Waals surface area contributed by atoms with Gasteiger partial charge in [0, 0.05) is 32.7 Å². The molecule has 1 saturated heterocycles. The number of alkyl halides is 3. The van der Waals surface area contributed by atoms with E-state index in [9.17, 15) is 18.0 Å². The first-order valence-electron chi connectivity index (χ1n) is 6.17. The number of rotatable bonds is 2. The van der Waals surface area contributed by atoms with Crippen LogP contribution in [-0.4, -0.2) is 49.2 Å². The van der Waals surface area contributed by atoms with Crippen LogP contribution in [0.4, 0.5) is 13.2 Å². The van der Waals surface area contributed by atoms with Crippen LogP contribution in [0.5, 0.6) is 0 Å². The summed E-state index contributed by atoms with van der Waals surface area (Å²) in [6, 6.07) is 4.36. The molecule has 110 valence electrons. The van der Waals surface area contributed by atoms with Gasteiger partial charge < -0.3 is 5.32 Å². The first-order chi connectivity index (χ1) is 9.27. The Morgan fingerprint density at radius 2 is 1.85 bits per heavy atom. The van der Waals surface area contributed by atoms with E-state index in [0.717, 1.165) is 12.1 Å². The number of carbonyl (C=O) groups excluding carboxylic acids is 1. The van der Waals surface area contributed by atoms with Crippen LogP contribution in [0.25, 0.3) is 0 Å². The summed E-state index contributed by atoms with van der Waals surface area (Å²) in [5, 5.41) is 6.63. The molecule has 1 aliphatic rings. The van der Waals surface area contributed by atoms with Crippen molar-refractivity contribution < 1.29 is 18.0 Å². The Morgan fingerprint density at radius 1 is 1.25 bits per heavy atom. The molecule has 20 heavy (non-hydrogen) atoms. The van der Waals surface area contributed by atoms with E-state index in [1.54, 1.807) is 0 Å². The maximum absolute atomic E-state index is 12.6. The molecule has 1 aliphatic heterocycles. The Hall–Kier alpha value is -1.60. The van der Waals surface area contributed by atoms with Gasteiger partial charge in [0.2, 0.25) is 0 Å². The number of nitrogens with one attached hydrogen (secondary N) is 1. The number of carbonyl (C=O) groups is 1. The van der Waals surface area contributed by atoms with Crippen LogP contribution >= 0.6 is 0 Å². The minimum absolute atomic E-state index is 0.0250. The molecule has 1 aromatic rings. The molecule has 7 heteroatoms. The maximum atomic E-state index is 12.6. The number of hydrogen-bond donors (Lipinski definition) is 1. The lowest BCUT2D eigenvalue weighted by Crippen LogP contribution is -2.38. The van der Waals surface area contributed by atoms with E-state index in [-0.39, 0.29) is 11.6 Å². The summed E-state index contributed by atoms with van der Waals surface area (Å²) >= 11 is 0. The van der Waals surface area contributed by atoms with Gasteiger partial charge >= 0.3 is 6.18 Å². The van der Waals surface area contributed by atoms with Gasteiger partial charge in [0.15, 0.2) is 0 Å². The molecular formula is C13H16F3N3O. The molecule has 0 bridgehead atoms. The van der Waals surface area contributed by atoms with Gasteiger partial charge in [-0.25, -0.2) is 10.0 Å². The first-order valence-corrected chi connectivity index (χ1v) is 6.17. The topological polar surface area (TPSA) is 35.6 Å². The van der Waals surface area contributed by atoms with Crippen molar-refractivity contribution >= 4 is 5.91 Å². The number of amides is 1.